The second-order valence-corrected chi connectivity index (χ2v) is 6.90. The predicted octanol–water partition coefficient (Wildman–Crippen LogP) is 3.03. The first-order chi connectivity index (χ1) is 14.5. The minimum atomic E-state index is -0.0996. The highest BCUT2D eigenvalue weighted by atomic mass is 16.6. The predicted molar refractivity (Wildman–Crippen MR) is 111 cm³/mol. The van der Waals surface area contributed by atoms with Crippen LogP contribution in [-0.4, -0.2) is 61.9 Å². The van der Waals surface area contributed by atoms with Crippen LogP contribution in [0.5, 0.6) is 23.0 Å². The van der Waals surface area contributed by atoms with E-state index in [1.165, 1.54) is 4.90 Å². The summed E-state index contributed by atoms with van der Waals surface area (Å²) in [5, 5.41) is 0. The van der Waals surface area contributed by atoms with Crippen LogP contribution >= 0.6 is 0 Å². The molecule has 2 aromatic carbocycles. The standard InChI is InChI=1S/C22H23N3O5/c1-24(2)22(26)14-5-6-17(27-3)16(11-14)25-8-7-23-21(25)15-12-19-20(13-18(15)28-4)30-10-9-29-19/h5-8,11-13H,9-10H2,1-4H3. The van der Waals surface area contributed by atoms with Gasteiger partial charge in [0, 0.05) is 38.1 Å². The van der Waals surface area contributed by atoms with Crippen LogP contribution in [0.1, 0.15) is 10.4 Å². The van der Waals surface area contributed by atoms with Crippen molar-refractivity contribution in [2.24, 2.45) is 0 Å². The summed E-state index contributed by atoms with van der Waals surface area (Å²) in [7, 11) is 6.62. The Labute approximate surface area is 174 Å². The summed E-state index contributed by atoms with van der Waals surface area (Å²) >= 11 is 0. The van der Waals surface area contributed by atoms with Gasteiger partial charge in [-0.3, -0.25) is 9.36 Å². The fourth-order valence-corrected chi connectivity index (χ4v) is 3.38. The van der Waals surface area contributed by atoms with Gasteiger partial charge < -0.3 is 23.8 Å². The van der Waals surface area contributed by atoms with Crippen LogP contribution in [-0.2, 0) is 0 Å². The first-order valence-electron chi connectivity index (χ1n) is 9.45. The zero-order valence-electron chi connectivity index (χ0n) is 17.3. The van der Waals surface area contributed by atoms with Gasteiger partial charge in [-0.05, 0) is 24.3 Å². The molecule has 1 aliphatic rings. The van der Waals surface area contributed by atoms with Crippen molar-refractivity contribution in [2.75, 3.05) is 41.5 Å². The van der Waals surface area contributed by atoms with Crippen molar-refractivity contribution in [1.29, 1.82) is 0 Å². The minimum absolute atomic E-state index is 0.0996. The smallest absolute Gasteiger partial charge is 0.253 e. The Balaban J connectivity index is 1.87. The molecule has 0 unspecified atom stereocenters. The minimum Gasteiger partial charge on any atom is -0.496 e. The Hall–Kier alpha value is -3.68. The number of hydrogen-bond donors (Lipinski definition) is 0. The van der Waals surface area contributed by atoms with Crippen LogP contribution in [0.15, 0.2) is 42.7 Å². The average molecular weight is 409 g/mol. The molecule has 8 heteroatoms. The average Bonchev–Trinajstić information content (AvgIpc) is 3.26. The van der Waals surface area contributed by atoms with E-state index in [9.17, 15) is 4.79 Å². The number of aromatic nitrogens is 2. The molecule has 3 aromatic rings. The lowest BCUT2D eigenvalue weighted by atomic mass is 10.1. The summed E-state index contributed by atoms with van der Waals surface area (Å²) in [6.45, 7) is 0.976. The molecule has 1 amide bonds. The van der Waals surface area contributed by atoms with Gasteiger partial charge in [-0.25, -0.2) is 4.98 Å². The largest absolute Gasteiger partial charge is 0.496 e. The Morgan fingerprint density at radius 3 is 2.40 bits per heavy atom. The number of fused-ring (bicyclic) bond motifs is 1. The van der Waals surface area contributed by atoms with Gasteiger partial charge in [0.05, 0.1) is 25.5 Å². The third-order valence-corrected chi connectivity index (χ3v) is 4.84. The Kier molecular flexibility index (Phi) is 5.22. The van der Waals surface area contributed by atoms with Gasteiger partial charge in [0.1, 0.15) is 30.5 Å². The number of hydrogen-bond acceptors (Lipinski definition) is 6. The Bertz CT molecular complexity index is 1090. The van der Waals surface area contributed by atoms with E-state index >= 15 is 0 Å². The van der Waals surface area contributed by atoms with E-state index in [0.29, 0.717) is 53.3 Å². The molecule has 0 N–H and O–H groups in total. The molecule has 0 atom stereocenters. The van der Waals surface area contributed by atoms with Crippen molar-refractivity contribution in [3.05, 3.63) is 48.3 Å². The Morgan fingerprint density at radius 1 is 1.03 bits per heavy atom. The highest BCUT2D eigenvalue weighted by molar-refractivity contribution is 5.95. The van der Waals surface area contributed by atoms with Crippen molar-refractivity contribution >= 4 is 5.91 Å². The highest BCUT2D eigenvalue weighted by Crippen LogP contribution is 2.42. The second kappa shape index (κ2) is 7.98. The van der Waals surface area contributed by atoms with Crippen LogP contribution in [0.3, 0.4) is 0 Å². The number of benzene rings is 2. The molecule has 4 rings (SSSR count). The van der Waals surface area contributed by atoms with Crippen molar-refractivity contribution in [2.45, 2.75) is 0 Å². The highest BCUT2D eigenvalue weighted by Gasteiger charge is 2.22. The van der Waals surface area contributed by atoms with Crippen molar-refractivity contribution in [1.82, 2.24) is 14.5 Å². The van der Waals surface area contributed by atoms with E-state index in [4.69, 9.17) is 18.9 Å². The fourth-order valence-electron chi connectivity index (χ4n) is 3.38. The third-order valence-electron chi connectivity index (χ3n) is 4.84. The van der Waals surface area contributed by atoms with Gasteiger partial charge in [0.25, 0.3) is 5.91 Å². The molecule has 0 fully saturated rings. The third kappa shape index (κ3) is 3.41. The second-order valence-electron chi connectivity index (χ2n) is 6.90. The lowest BCUT2D eigenvalue weighted by Gasteiger charge is -2.21. The maximum atomic E-state index is 12.5. The quantitative estimate of drug-likeness (QED) is 0.645. The van der Waals surface area contributed by atoms with Gasteiger partial charge in [-0.2, -0.15) is 0 Å². The molecule has 0 saturated carbocycles. The number of carbonyl (C=O) groups is 1. The molecule has 30 heavy (non-hydrogen) atoms. The summed E-state index contributed by atoms with van der Waals surface area (Å²) in [5.41, 5.74) is 1.97. The molecule has 0 aliphatic carbocycles. The van der Waals surface area contributed by atoms with Gasteiger partial charge in [0.2, 0.25) is 0 Å². The monoisotopic (exact) mass is 409 g/mol. The number of amides is 1. The molecular formula is C22H23N3O5. The number of ether oxygens (including phenoxy) is 4. The summed E-state index contributed by atoms with van der Waals surface area (Å²) in [4.78, 5) is 18.6. The molecule has 1 aromatic heterocycles. The number of rotatable bonds is 5. The molecule has 0 saturated heterocycles. The molecule has 156 valence electrons. The summed E-state index contributed by atoms with van der Waals surface area (Å²) in [5.74, 6) is 3.01. The summed E-state index contributed by atoms with van der Waals surface area (Å²) in [6, 6.07) is 8.96. The Morgan fingerprint density at radius 2 is 1.73 bits per heavy atom. The number of carbonyl (C=O) groups excluding carboxylic acids is 1. The first kappa shape index (κ1) is 19.6. The number of methoxy groups -OCH3 is 2. The lowest BCUT2D eigenvalue weighted by Crippen LogP contribution is -2.21. The van der Waals surface area contributed by atoms with Crippen LogP contribution in [0.2, 0.25) is 0 Å². The number of nitrogens with zero attached hydrogens (tertiary/aromatic N) is 3. The van der Waals surface area contributed by atoms with Crippen molar-refractivity contribution in [3.63, 3.8) is 0 Å². The van der Waals surface area contributed by atoms with E-state index in [0.717, 1.165) is 5.56 Å². The maximum absolute atomic E-state index is 12.5. The zero-order chi connectivity index (χ0) is 21.3. The van der Waals surface area contributed by atoms with E-state index in [1.807, 2.05) is 16.8 Å². The van der Waals surface area contributed by atoms with E-state index in [-0.39, 0.29) is 5.91 Å². The van der Waals surface area contributed by atoms with E-state index < -0.39 is 0 Å². The first-order valence-corrected chi connectivity index (χ1v) is 9.45. The van der Waals surface area contributed by atoms with Crippen LogP contribution in [0, 0.1) is 0 Å². The summed E-state index contributed by atoms with van der Waals surface area (Å²) < 4.78 is 24.4. The molecule has 8 nitrogen and oxygen atoms in total. The molecule has 0 bridgehead atoms. The lowest BCUT2D eigenvalue weighted by molar-refractivity contribution is 0.0827. The molecule has 2 heterocycles. The molecular weight excluding hydrogens is 386 g/mol. The molecule has 0 radical (unpaired) electrons. The SMILES string of the molecule is COc1cc2c(cc1-c1nccn1-c1cc(C(=O)N(C)C)ccc1OC)OCCO2. The normalized spacial score (nSPS) is 12.4. The van der Waals surface area contributed by atoms with Gasteiger partial charge in [-0.15, -0.1) is 0 Å². The van der Waals surface area contributed by atoms with Crippen molar-refractivity contribution < 1.29 is 23.7 Å². The van der Waals surface area contributed by atoms with Gasteiger partial charge in [0.15, 0.2) is 11.5 Å². The molecule has 0 spiro atoms. The van der Waals surface area contributed by atoms with Crippen LogP contribution in [0.25, 0.3) is 17.1 Å². The van der Waals surface area contributed by atoms with E-state index in [1.54, 1.807) is 58.8 Å². The topological polar surface area (TPSA) is 75.1 Å². The maximum Gasteiger partial charge on any atom is 0.253 e. The molecule has 1 aliphatic heterocycles. The van der Waals surface area contributed by atoms with Crippen LogP contribution < -0.4 is 18.9 Å². The zero-order valence-corrected chi connectivity index (χ0v) is 17.3. The van der Waals surface area contributed by atoms with Gasteiger partial charge >= 0.3 is 0 Å². The van der Waals surface area contributed by atoms with E-state index in [2.05, 4.69) is 4.98 Å². The summed E-state index contributed by atoms with van der Waals surface area (Å²) in [6.07, 6.45) is 3.50. The van der Waals surface area contributed by atoms with Crippen molar-refractivity contribution in [3.8, 4) is 40.1 Å². The number of imidazole rings is 1. The van der Waals surface area contributed by atoms with Crippen LogP contribution in [0.4, 0.5) is 0 Å². The van der Waals surface area contributed by atoms with Gasteiger partial charge in [-0.1, -0.05) is 0 Å². The fraction of sp³-hybridized carbons (Fsp3) is 0.273.